The van der Waals surface area contributed by atoms with Crippen LogP contribution in [0, 0.1) is 5.82 Å². The van der Waals surface area contributed by atoms with Crippen LogP contribution in [0.15, 0.2) is 18.2 Å². The largest absolute Gasteiger partial charge is 0.461 e. The van der Waals surface area contributed by atoms with Crippen molar-refractivity contribution in [2.24, 2.45) is 0 Å². The molecule has 0 aliphatic rings. The molecule has 2 aromatic rings. The van der Waals surface area contributed by atoms with Crippen LogP contribution >= 0.6 is 23.2 Å². The van der Waals surface area contributed by atoms with Crippen LogP contribution in [0.25, 0.3) is 0 Å². The fourth-order valence-electron chi connectivity index (χ4n) is 1.37. The van der Waals surface area contributed by atoms with E-state index in [9.17, 15) is 4.39 Å². The van der Waals surface area contributed by atoms with E-state index in [1.54, 1.807) is 6.07 Å². The highest BCUT2D eigenvalue weighted by molar-refractivity contribution is 6.31. The Morgan fingerprint density at radius 1 is 1.20 bits per heavy atom. The summed E-state index contributed by atoms with van der Waals surface area (Å²) in [6, 6.07) is 4.60. The van der Waals surface area contributed by atoms with E-state index in [-0.39, 0.29) is 34.1 Å². The van der Waals surface area contributed by atoms with Crippen molar-refractivity contribution >= 4 is 34.8 Å². The Morgan fingerprint density at radius 3 is 2.65 bits per heavy atom. The van der Waals surface area contributed by atoms with Crippen LogP contribution in [0.2, 0.25) is 10.3 Å². The molecule has 0 aliphatic carbocycles. The molecule has 1 aromatic carbocycles. The van der Waals surface area contributed by atoms with E-state index in [0.29, 0.717) is 0 Å². The van der Waals surface area contributed by atoms with Gasteiger partial charge in [0.1, 0.15) is 0 Å². The first-order valence-corrected chi connectivity index (χ1v) is 6.50. The molecule has 0 radical (unpaired) electrons. The molecule has 5 nitrogen and oxygen atoms in total. The molecule has 0 aliphatic heterocycles. The van der Waals surface area contributed by atoms with Gasteiger partial charge in [-0.1, -0.05) is 17.7 Å². The molecule has 0 amide bonds. The maximum Gasteiger partial charge on any atom is 0.322 e. The zero-order valence-electron chi connectivity index (χ0n) is 10.7. The third-order valence-corrected chi connectivity index (χ3v) is 2.59. The van der Waals surface area contributed by atoms with Gasteiger partial charge in [0.15, 0.2) is 5.82 Å². The quantitative estimate of drug-likeness (QED) is 0.928. The minimum atomic E-state index is -0.600. The fourth-order valence-corrected chi connectivity index (χ4v) is 1.70. The highest BCUT2D eigenvalue weighted by Crippen LogP contribution is 2.24. The summed E-state index contributed by atoms with van der Waals surface area (Å²) in [5.74, 6) is -0.529. The second-order valence-electron chi connectivity index (χ2n) is 4.10. The second kappa shape index (κ2) is 6.19. The summed E-state index contributed by atoms with van der Waals surface area (Å²) in [4.78, 5) is 11.7. The topological polar surface area (TPSA) is 59.9 Å². The Balaban J connectivity index is 2.29. The molecule has 0 saturated carbocycles. The molecule has 0 saturated heterocycles. The maximum absolute atomic E-state index is 13.8. The Hall–Kier alpha value is -1.66. The Kier molecular flexibility index (Phi) is 4.57. The number of rotatable bonds is 4. The molecule has 0 bridgehead atoms. The first kappa shape index (κ1) is 14.7. The second-order valence-corrected chi connectivity index (χ2v) is 4.85. The van der Waals surface area contributed by atoms with E-state index in [1.807, 2.05) is 13.8 Å². The number of anilines is 2. The smallest absolute Gasteiger partial charge is 0.322 e. The summed E-state index contributed by atoms with van der Waals surface area (Å²) in [5.41, 5.74) is 0.135. The van der Waals surface area contributed by atoms with Crippen LogP contribution in [0.1, 0.15) is 13.8 Å². The zero-order chi connectivity index (χ0) is 14.7. The number of benzene rings is 1. The standard InChI is InChI=1S/C12H11Cl2FN4O/c1-6(2)20-12-18-10(14)17-11(19-12)16-8-5-3-4-7(13)9(8)15/h3-6H,1-2H3,(H,16,17,18,19). The van der Waals surface area contributed by atoms with Crippen LogP contribution in [-0.4, -0.2) is 21.1 Å². The normalized spacial score (nSPS) is 10.7. The van der Waals surface area contributed by atoms with Crippen molar-refractivity contribution in [3.63, 3.8) is 0 Å². The van der Waals surface area contributed by atoms with E-state index in [4.69, 9.17) is 27.9 Å². The predicted octanol–water partition coefficient (Wildman–Crippen LogP) is 3.85. The van der Waals surface area contributed by atoms with Crippen molar-refractivity contribution in [1.82, 2.24) is 15.0 Å². The monoisotopic (exact) mass is 316 g/mol. The van der Waals surface area contributed by atoms with Crippen molar-refractivity contribution in [1.29, 1.82) is 0 Å². The Labute approximate surface area is 125 Å². The highest BCUT2D eigenvalue weighted by Gasteiger charge is 2.11. The summed E-state index contributed by atoms with van der Waals surface area (Å²) < 4.78 is 19.1. The van der Waals surface area contributed by atoms with Crippen LogP contribution in [0.4, 0.5) is 16.0 Å². The highest BCUT2D eigenvalue weighted by atomic mass is 35.5. The fraction of sp³-hybridized carbons (Fsp3) is 0.250. The third kappa shape index (κ3) is 3.68. The molecule has 0 unspecified atom stereocenters. The van der Waals surface area contributed by atoms with Gasteiger partial charge in [0.25, 0.3) is 0 Å². The molecular formula is C12H11Cl2FN4O. The molecule has 1 aromatic heterocycles. The average molecular weight is 317 g/mol. The third-order valence-electron chi connectivity index (χ3n) is 2.13. The lowest BCUT2D eigenvalue weighted by molar-refractivity contribution is 0.222. The molecular weight excluding hydrogens is 306 g/mol. The minimum absolute atomic E-state index is 0.00573. The van der Waals surface area contributed by atoms with Crippen molar-refractivity contribution in [2.45, 2.75) is 20.0 Å². The van der Waals surface area contributed by atoms with E-state index in [2.05, 4.69) is 20.3 Å². The lowest BCUT2D eigenvalue weighted by Gasteiger charge is -2.10. The van der Waals surface area contributed by atoms with Crippen LogP contribution in [0.5, 0.6) is 6.01 Å². The predicted molar refractivity (Wildman–Crippen MR) is 75.3 cm³/mol. The summed E-state index contributed by atoms with van der Waals surface area (Å²) in [7, 11) is 0. The van der Waals surface area contributed by atoms with Crippen LogP contribution in [0.3, 0.4) is 0 Å². The Bertz CT molecular complexity index is 624. The summed E-state index contributed by atoms with van der Waals surface area (Å²) in [5, 5.41) is 2.62. The van der Waals surface area contributed by atoms with Crippen molar-refractivity contribution in [2.75, 3.05) is 5.32 Å². The van der Waals surface area contributed by atoms with Gasteiger partial charge in [0.2, 0.25) is 11.2 Å². The van der Waals surface area contributed by atoms with E-state index in [0.717, 1.165) is 0 Å². The first-order valence-electron chi connectivity index (χ1n) is 5.75. The lowest BCUT2D eigenvalue weighted by Crippen LogP contribution is -2.10. The number of hydrogen-bond donors (Lipinski definition) is 1. The zero-order valence-corrected chi connectivity index (χ0v) is 12.2. The molecule has 106 valence electrons. The molecule has 20 heavy (non-hydrogen) atoms. The summed E-state index contributed by atoms with van der Waals surface area (Å²) >= 11 is 11.5. The number of hydrogen-bond acceptors (Lipinski definition) is 5. The lowest BCUT2D eigenvalue weighted by atomic mass is 10.3. The van der Waals surface area contributed by atoms with Gasteiger partial charge >= 0.3 is 6.01 Å². The molecule has 0 spiro atoms. The first-order chi connectivity index (χ1) is 9.45. The van der Waals surface area contributed by atoms with Gasteiger partial charge in [0, 0.05) is 0 Å². The minimum Gasteiger partial charge on any atom is -0.461 e. The summed E-state index contributed by atoms with van der Waals surface area (Å²) in [6.45, 7) is 3.64. The van der Waals surface area contributed by atoms with Gasteiger partial charge in [-0.2, -0.15) is 15.0 Å². The number of nitrogens with one attached hydrogen (secondary N) is 1. The van der Waals surface area contributed by atoms with Gasteiger partial charge < -0.3 is 10.1 Å². The molecule has 1 N–H and O–H groups in total. The Morgan fingerprint density at radius 2 is 1.95 bits per heavy atom. The SMILES string of the molecule is CC(C)Oc1nc(Cl)nc(Nc2cccc(Cl)c2F)n1. The van der Waals surface area contributed by atoms with Crippen molar-refractivity contribution in [3.05, 3.63) is 34.3 Å². The number of halogens is 3. The molecule has 1 heterocycles. The molecule has 2 rings (SSSR count). The summed E-state index contributed by atoms with van der Waals surface area (Å²) in [6.07, 6.45) is -0.121. The molecule has 8 heteroatoms. The molecule has 0 fully saturated rings. The number of aromatic nitrogens is 3. The number of ether oxygens (including phenoxy) is 1. The van der Waals surface area contributed by atoms with Gasteiger partial charge in [0.05, 0.1) is 16.8 Å². The maximum atomic E-state index is 13.8. The van der Waals surface area contributed by atoms with Gasteiger partial charge in [-0.15, -0.1) is 0 Å². The van der Waals surface area contributed by atoms with Gasteiger partial charge in [-0.05, 0) is 37.6 Å². The van der Waals surface area contributed by atoms with E-state index >= 15 is 0 Å². The van der Waals surface area contributed by atoms with Crippen molar-refractivity contribution in [3.8, 4) is 6.01 Å². The average Bonchev–Trinajstić information content (AvgIpc) is 2.33. The van der Waals surface area contributed by atoms with E-state index < -0.39 is 5.82 Å². The van der Waals surface area contributed by atoms with E-state index in [1.165, 1.54) is 12.1 Å². The van der Waals surface area contributed by atoms with Crippen LogP contribution < -0.4 is 10.1 Å². The number of nitrogens with zero attached hydrogens (tertiary/aromatic N) is 3. The van der Waals surface area contributed by atoms with Crippen molar-refractivity contribution < 1.29 is 9.13 Å². The molecule has 0 atom stereocenters. The van der Waals surface area contributed by atoms with Gasteiger partial charge in [-0.25, -0.2) is 4.39 Å². The van der Waals surface area contributed by atoms with Gasteiger partial charge in [-0.3, -0.25) is 0 Å². The van der Waals surface area contributed by atoms with Crippen LogP contribution in [-0.2, 0) is 0 Å².